The van der Waals surface area contributed by atoms with Gasteiger partial charge in [-0.1, -0.05) is 12.1 Å². The second kappa shape index (κ2) is 7.64. The highest BCUT2D eigenvalue weighted by Gasteiger charge is 2.25. The molecule has 23 heavy (non-hydrogen) atoms. The van der Waals surface area contributed by atoms with Crippen LogP contribution in [0, 0.1) is 0 Å². The summed E-state index contributed by atoms with van der Waals surface area (Å²) in [5.41, 5.74) is 1.11. The van der Waals surface area contributed by atoms with Crippen molar-refractivity contribution in [3.8, 4) is 11.5 Å². The smallest absolute Gasteiger partial charge is 0.323 e. The SMILES string of the molecule is COCCN(CC(=O)O)C(=O)C1=Cc2cccc(OC)c2OC1. The van der Waals surface area contributed by atoms with Crippen LogP contribution in [0.4, 0.5) is 0 Å². The van der Waals surface area contributed by atoms with E-state index in [-0.39, 0.29) is 32.2 Å². The molecule has 0 aliphatic carbocycles. The molecule has 0 atom stereocenters. The topological polar surface area (TPSA) is 85.3 Å². The summed E-state index contributed by atoms with van der Waals surface area (Å²) >= 11 is 0. The van der Waals surface area contributed by atoms with Gasteiger partial charge in [0.15, 0.2) is 11.5 Å². The molecular formula is C16H19NO6. The van der Waals surface area contributed by atoms with Gasteiger partial charge >= 0.3 is 5.97 Å². The lowest BCUT2D eigenvalue weighted by Gasteiger charge is -2.25. The normalized spacial score (nSPS) is 12.7. The Morgan fingerprint density at radius 2 is 2.13 bits per heavy atom. The lowest BCUT2D eigenvalue weighted by atomic mass is 10.1. The molecule has 0 bridgehead atoms. The summed E-state index contributed by atoms with van der Waals surface area (Å²) in [6.45, 7) is 0.140. The predicted molar refractivity (Wildman–Crippen MR) is 82.6 cm³/mol. The van der Waals surface area contributed by atoms with Gasteiger partial charge in [0.2, 0.25) is 0 Å². The minimum atomic E-state index is -1.08. The Morgan fingerprint density at radius 3 is 2.78 bits per heavy atom. The molecule has 0 aromatic heterocycles. The monoisotopic (exact) mass is 321 g/mol. The quantitative estimate of drug-likeness (QED) is 0.807. The average Bonchev–Trinajstić information content (AvgIpc) is 2.56. The van der Waals surface area contributed by atoms with Crippen LogP contribution in [0.1, 0.15) is 5.56 Å². The highest BCUT2D eigenvalue weighted by Crippen LogP contribution is 2.35. The number of carbonyl (C=O) groups excluding carboxylic acids is 1. The van der Waals surface area contributed by atoms with Gasteiger partial charge < -0.3 is 24.2 Å². The van der Waals surface area contributed by atoms with Gasteiger partial charge in [0, 0.05) is 19.2 Å². The molecule has 2 rings (SSSR count). The molecule has 1 aromatic rings. The number of nitrogens with zero attached hydrogens (tertiary/aromatic N) is 1. The molecule has 7 nitrogen and oxygen atoms in total. The molecule has 0 unspecified atom stereocenters. The molecule has 0 saturated carbocycles. The third kappa shape index (κ3) is 4.01. The first kappa shape index (κ1) is 16.8. The van der Waals surface area contributed by atoms with Crippen LogP contribution in [0.5, 0.6) is 11.5 Å². The zero-order chi connectivity index (χ0) is 16.8. The van der Waals surface area contributed by atoms with Crippen LogP contribution in [-0.4, -0.2) is 62.4 Å². The molecule has 0 radical (unpaired) electrons. The van der Waals surface area contributed by atoms with E-state index in [1.807, 2.05) is 0 Å². The second-order valence-electron chi connectivity index (χ2n) is 4.95. The van der Waals surface area contributed by atoms with Crippen molar-refractivity contribution in [1.82, 2.24) is 4.90 Å². The van der Waals surface area contributed by atoms with E-state index < -0.39 is 5.97 Å². The molecule has 7 heteroatoms. The maximum atomic E-state index is 12.5. The Kier molecular flexibility index (Phi) is 5.59. The number of benzene rings is 1. The standard InChI is InChI=1S/C16H19NO6/c1-21-7-6-17(9-14(18)19)16(20)12-8-11-4-3-5-13(22-2)15(11)23-10-12/h3-5,8H,6-7,9-10H2,1-2H3,(H,18,19). The van der Waals surface area contributed by atoms with Crippen LogP contribution in [-0.2, 0) is 14.3 Å². The highest BCUT2D eigenvalue weighted by atomic mass is 16.5. The number of para-hydroxylation sites is 1. The minimum absolute atomic E-state index is 0.0648. The summed E-state index contributed by atoms with van der Waals surface area (Å²) in [4.78, 5) is 24.7. The van der Waals surface area contributed by atoms with E-state index in [0.717, 1.165) is 5.56 Å². The number of amides is 1. The Bertz CT molecular complexity index is 625. The first-order chi connectivity index (χ1) is 11.1. The van der Waals surface area contributed by atoms with Crippen molar-refractivity contribution in [3.05, 3.63) is 29.3 Å². The Labute approximate surface area is 134 Å². The van der Waals surface area contributed by atoms with Gasteiger partial charge in [0.1, 0.15) is 13.2 Å². The van der Waals surface area contributed by atoms with E-state index in [2.05, 4.69) is 0 Å². The number of carboxylic acid groups (broad SMARTS) is 1. The summed E-state index contributed by atoms with van der Waals surface area (Å²) in [6.07, 6.45) is 1.70. The van der Waals surface area contributed by atoms with Crippen LogP contribution in [0.25, 0.3) is 6.08 Å². The lowest BCUT2D eigenvalue weighted by Crippen LogP contribution is -2.40. The number of rotatable bonds is 7. The zero-order valence-corrected chi connectivity index (χ0v) is 13.1. The van der Waals surface area contributed by atoms with Gasteiger partial charge in [-0.25, -0.2) is 0 Å². The van der Waals surface area contributed by atoms with Gasteiger partial charge in [0.05, 0.1) is 19.3 Å². The Morgan fingerprint density at radius 1 is 1.35 bits per heavy atom. The molecule has 1 N–H and O–H groups in total. The lowest BCUT2D eigenvalue weighted by molar-refractivity contribution is -0.143. The minimum Gasteiger partial charge on any atom is -0.493 e. The summed E-state index contributed by atoms with van der Waals surface area (Å²) < 4.78 is 15.8. The van der Waals surface area contributed by atoms with E-state index in [1.54, 1.807) is 31.4 Å². The zero-order valence-electron chi connectivity index (χ0n) is 13.1. The summed E-state index contributed by atoms with van der Waals surface area (Å²) in [7, 11) is 3.04. The number of carboxylic acids is 1. The maximum Gasteiger partial charge on any atom is 0.323 e. The first-order valence-electron chi connectivity index (χ1n) is 7.07. The Balaban J connectivity index is 2.23. The van der Waals surface area contributed by atoms with E-state index in [4.69, 9.17) is 19.3 Å². The number of carbonyl (C=O) groups is 2. The summed E-state index contributed by atoms with van der Waals surface area (Å²) in [6, 6.07) is 5.38. The number of ether oxygens (including phenoxy) is 3. The van der Waals surface area contributed by atoms with Crippen LogP contribution in [0.15, 0.2) is 23.8 Å². The molecule has 0 saturated heterocycles. The molecule has 0 spiro atoms. The third-order valence-electron chi connectivity index (χ3n) is 3.38. The molecule has 124 valence electrons. The largest absolute Gasteiger partial charge is 0.493 e. The average molecular weight is 321 g/mol. The summed E-state index contributed by atoms with van der Waals surface area (Å²) in [5.74, 6) is -0.285. The summed E-state index contributed by atoms with van der Waals surface area (Å²) in [5, 5.41) is 8.95. The first-order valence-corrected chi connectivity index (χ1v) is 7.07. The number of hydrogen-bond donors (Lipinski definition) is 1. The van der Waals surface area contributed by atoms with Gasteiger partial charge in [-0.05, 0) is 12.1 Å². The van der Waals surface area contributed by atoms with Gasteiger partial charge in [-0.15, -0.1) is 0 Å². The van der Waals surface area contributed by atoms with Crippen molar-refractivity contribution in [2.75, 3.05) is 40.5 Å². The fraction of sp³-hybridized carbons (Fsp3) is 0.375. The van der Waals surface area contributed by atoms with Crippen molar-refractivity contribution in [2.45, 2.75) is 0 Å². The van der Waals surface area contributed by atoms with Crippen LogP contribution in [0.3, 0.4) is 0 Å². The molecule has 0 fully saturated rings. The van der Waals surface area contributed by atoms with Crippen LogP contribution >= 0.6 is 0 Å². The molecule has 1 aliphatic rings. The van der Waals surface area contributed by atoms with Crippen molar-refractivity contribution < 1.29 is 28.9 Å². The molecule has 1 heterocycles. The maximum absolute atomic E-state index is 12.5. The Hall–Kier alpha value is -2.54. The highest BCUT2D eigenvalue weighted by molar-refractivity contribution is 6.00. The van der Waals surface area contributed by atoms with Crippen molar-refractivity contribution in [1.29, 1.82) is 0 Å². The fourth-order valence-corrected chi connectivity index (χ4v) is 2.28. The van der Waals surface area contributed by atoms with E-state index >= 15 is 0 Å². The van der Waals surface area contributed by atoms with Gasteiger partial charge in [-0.2, -0.15) is 0 Å². The van der Waals surface area contributed by atoms with E-state index in [0.29, 0.717) is 17.1 Å². The third-order valence-corrected chi connectivity index (χ3v) is 3.38. The van der Waals surface area contributed by atoms with Crippen molar-refractivity contribution in [3.63, 3.8) is 0 Å². The second-order valence-corrected chi connectivity index (χ2v) is 4.95. The number of fused-ring (bicyclic) bond motifs is 1. The molecule has 1 aromatic carbocycles. The molecule has 1 aliphatic heterocycles. The van der Waals surface area contributed by atoms with E-state index in [9.17, 15) is 9.59 Å². The van der Waals surface area contributed by atoms with Gasteiger partial charge in [-0.3, -0.25) is 9.59 Å². The number of methoxy groups -OCH3 is 2. The van der Waals surface area contributed by atoms with Crippen LogP contribution < -0.4 is 9.47 Å². The predicted octanol–water partition coefficient (Wildman–Crippen LogP) is 1.03. The van der Waals surface area contributed by atoms with E-state index in [1.165, 1.54) is 12.0 Å². The molecule has 1 amide bonds. The van der Waals surface area contributed by atoms with Crippen molar-refractivity contribution in [2.24, 2.45) is 0 Å². The van der Waals surface area contributed by atoms with Crippen molar-refractivity contribution >= 4 is 18.0 Å². The number of aliphatic carboxylic acids is 1. The van der Waals surface area contributed by atoms with Crippen LogP contribution in [0.2, 0.25) is 0 Å². The molecular weight excluding hydrogens is 302 g/mol. The van der Waals surface area contributed by atoms with Gasteiger partial charge in [0.25, 0.3) is 5.91 Å². The number of hydrogen-bond acceptors (Lipinski definition) is 5. The fourth-order valence-electron chi connectivity index (χ4n) is 2.28.